The van der Waals surface area contributed by atoms with E-state index in [-0.39, 0.29) is 22.5 Å². The molecular formula is C20H20BrFN2O3. The minimum Gasteiger partial charge on any atom is -0.469 e. The van der Waals surface area contributed by atoms with Crippen molar-refractivity contribution in [2.45, 2.75) is 33.1 Å². The number of ether oxygens (including phenoxy) is 1. The van der Waals surface area contributed by atoms with Crippen LogP contribution in [0.3, 0.4) is 0 Å². The maximum Gasteiger partial charge on any atom is 0.312 e. The second-order valence-electron chi connectivity index (χ2n) is 6.25. The van der Waals surface area contributed by atoms with E-state index in [2.05, 4.69) is 20.9 Å². The van der Waals surface area contributed by atoms with Crippen LogP contribution in [0.4, 0.5) is 15.8 Å². The SMILES string of the molecule is COC(=O)CC(=C=O)N(c1ccc(F)c(Br)c1)c1c(C)ccnc1C(C)C. The number of hydrogen-bond donors (Lipinski definition) is 0. The molecule has 7 heteroatoms. The van der Waals surface area contributed by atoms with E-state index in [4.69, 9.17) is 4.74 Å². The summed E-state index contributed by atoms with van der Waals surface area (Å²) in [5, 5.41) is 0. The number of carbonyl (C=O) groups is 1. The Labute approximate surface area is 166 Å². The number of methoxy groups -OCH3 is 1. The highest BCUT2D eigenvalue weighted by Crippen LogP contribution is 2.38. The number of hydrogen-bond acceptors (Lipinski definition) is 5. The fourth-order valence-corrected chi connectivity index (χ4v) is 3.07. The highest BCUT2D eigenvalue weighted by molar-refractivity contribution is 9.10. The Bertz CT molecular complexity index is 908. The maximum absolute atomic E-state index is 13.8. The Kier molecular flexibility index (Phi) is 6.88. The number of halogens is 2. The van der Waals surface area contributed by atoms with E-state index in [0.717, 1.165) is 11.3 Å². The minimum atomic E-state index is -0.577. The van der Waals surface area contributed by atoms with E-state index < -0.39 is 11.8 Å². The highest BCUT2D eigenvalue weighted by Gasteiger charge is 2.25. The number of anilines is 2. The predicted octanol–water partition coefficient (Wildman–Crippen LogP) is 4.83. The number of aryl methyl sites for hydroxylation is 1. The van der Waals surface area contributed by atoms with Gasteiger partial charge in [0, 0.05) is 11.9 Å². The van der Waals surface area contributed by atoms with Crippen LogP contribution in [0.1, 0.15) is 37.4 Å². The van der Waals surface area contributed by atoms with Crippen LogP contribution in [0, 0.1) is 12.7 Å². The summed E-state index contributed by atoms with van der Waals surface area (Å²) in [5.74, 6) is 0.888. The molecule has 0 saturated carbocycles. The lowest BCUT2D eigenvalue weighted by molar-refractivity contribution is -0.139. The molecule has 1 aromatic heterocycles. The van der Waals surface area contributed by atoms with Crippen molar-refractivity contribution in [2.75, 3.05) is 12.0 Å². The van der Waals surface area contributed by atoms with Gasteiger partial charge in [0.05, 0.1) is 29.4 Å². The summed E-state index contributed by atoms with van der Waals surface area (Å²) < 4.78 is 18.7. The molecule has 0 bridgehead atoms. The minimum absolute atomic E-state index is 0.0531. The lowest BCUT2D eigenvalue weighted by Crippen LogP contribution is -2.23. The van der Waals surface area contributed by atoms with E-state index in [1.54, 1.807) is 17.2 Å². The first-order chi connectivity index (χ1) is 12.8. The molecule has 0 aliphatic rings. The molecular weight excluding hydrogens is 415 g/mol. The Hall–Kier alpha value is -2.50. The molecule has 5 nitrogen and oxygen atoms in total. The van der Waals surface area contributed by atoms with Crippen LogP contribution in [0.15, 0.2) is 40.6 Å². The fourth-order valence-electron chi connectivity index (χ4n) is 2.70. The molecule has 0 unspecified atom stereocenters. The van der Waals surface area contributed by atoms with Crippen LogP contribution in [0.2, 0.25) is 0 Å². The van der Waals surface area contributed by atoms with Crippen molar-refractivity contribution >= 4 is 39.2 Å². The third kappa shape index (κ3) is 4.62. The molecule has 0 fully saturated rings. The molecule has 0 radical (unpaired) electrons. The summed E-state index contributed by atoms with van der Waals surface area (Å²) in [6.07, 6.45) is 1.42. The Morgan fingerprint density at radius 3 is 2.63 bits per heavy atom. The molecule has 1 aromatic carbocycles. The highest BCUT2D eigenvalue weighted by atomic mass is 79.9. The predicted molar refractivity (Wildman–Crippen MR) is 105 cm³/mol. The van der Waals surface area contributed by atoms with Crippen molar-refractivity contribution in [3.63, 3.8) is 0 Å². The summed E-state index contributed by atoms with van der Waals surface area (Å²) in [7, 11) is 1.25. The third-order valence-corrected chi connectivity index (χ3v) is 4.62. The summed E-state index contributed by atoms with van der Waals surface area (Å²) >= 11 is 3.17. The van der Waals surface area contributed by atoms with E-state index in [9.17, 15) is 14.0 Å². The number of nitrogens with zero attached hydrogens (tertiary/aromatic N) is 2. The van der Waals surface area contributed by atoms with Crippen molar-refractivity contribution in [3.8, 4) is 0 Å². The zero-order chi connectivity index (χ0) is 20.1. The molecule has 0 saturated heterocycles. The first-order valence-electron chi connectivity index (χ1n) is 8.31. The largest absolute Gasteiger partial charge is 0.469 e. The summed E-state index contributed by atoms with van der Waals surface area (Å²) in [6.45, 7) is 5.85. The van der Waals surface area contributed by atoms with Gasteiger partial charge in [-0.15, -0.1) is 0 Å². The molecule has 142 valence electrons. The lowest BCUT2D eigenvalue weighted by atomic mass is 10.0. The number of esters is 1. The molecule has 0 spiro atoms. The van der Waals surface area contributed by atoms with Crippen LogP contribution in [0.25, 0.3) is 0 Å². The first kappa shape index (κ1) is 20.8. The molecule has 0 aliphatic heterocycles. The van der Waals surface area contributed by atoms with Crippen LogP contribution < -0.4 is 4.90 Å². The van der Waals surface area contributed by atoms with Crippen molar-refractivity contribution in [2.24, 2.45) is 0 Å². The van der Waals surface area contributed by atoms with Gasteiger partial charge in [0.1, 0.15) is 17.5 Å². The van der Waals surface area contributed by atoms with Crippen molar-refractivity contribution in [3.05, 3.63) is 57.7 Å². The summed E-state index contributed by atoms with van der Waals surface area (Å²) in [6, 6.07) is 6.17. The van der Waals surface area contributed by atoms with Gasteiger partial charge in [0.2, 0.25) is 0 Å². The zero-order valence-electron chi connectivity index (χ0n) is 15.5. The molecule has 0 amide bonds. The third-order valence-electron chi connectivity index (χ3n) is 4.01. The quantitative estimate of drug-likeness (QED) is 0.481. The van der Waals surface area contributed by atoms with Crippen LogP contribution in [-0.2, 0) is 14.3 Å². The second kappa shape index (κ2) is 8.93. The molecule has 0 atom stereocenters. The topological polar surface area (TPSA) is 59.5 Å². The second-order valence-corrected chi connectivity index (χ2v) is 7.11. The normalized spacial score (nSPS) is 10.5. The van der Waals surface area contributed by atoms with Gasteiger partial charge >= 0.3 is 5.97 Å². The smallest absolute Gasteiger partial charge is 0.312 e. The van der Waals surface area contributed by atoms with Crippen LogP contribution in [-0.4, -0.2) is 24.0 Å². The van der Waals surface area contributed by atoms with Crippen molar-refractivity contribution in [1.29, 1.82) is 0 Å². The molecule has 27 heavy (non-hydrogen) atoms. The standard InChI is InChI=1S/C20H20BrFN2O3/c1-12(2)19-20(13(3)7-8-23-19)24(15(11-25)10-18(26)27-4)14-5-6-17(22)16(21)9-14/h5-9,12H,10H2,1-4H3. The lowest BCUT2D eigenvalue weighted by Gasteiger charge is -2.29. The van der Waals surface area contributed by atoms with Gasteiger partial charge in [-0.3, -0.25) is 9.78 Å². The van der Waals surface area contributed by atoms with Gasteiger partial charge in [-0.2, -0.15) is 0 Å². The summed E-state index contributed by atoms with van der Waals surface area (Å²) in [4.78, 5) is 29.7. The van der Waals surface area contributed by atoms with E-state index >= 15 is 0 Å². The number of pyridine rings is 1. The molecule has 0 N–H and O–H groups in total. The van der Waals surface area contributed by atoms with Gasteiger partial charge in [-0.1, -0.05) is 13.8 Å². The zero-order valence-corrected chi connectivity index (χ0v) is 17.1. The average Bonchev–Trinajstić information content (AvgIpc) is 2.64. The fraction of sp³-hybridized carbons (Fsp3) is 0.300. The van der Waals surface area contributed by atoms with Gasteiger partial charge in [0.25, 0.3) is 0 Å². The number of rotatable bonds is 6. The van der Waals surface area contributed by atoms with Gasteiger partial charge in [0.15, 0.2) is 0 Å². The van der Waals surface area contributed by atoms with E-state index in [1.807, 2.05) is 32.8 Å². The monoisotopic (exact) mass is 434 g/mol. The van der Waals surface area contributed by atoms with Gasteiger partial charge in [-0.05, 0) is 58.6 Å². The molecule has 2 aromatic rings. The summed E-state index contributed by atoms with van der Waals surface area (Å²) in [5.41, 5.74) is 2.81. The molecule has 2 rings (SSSR count). The number of carbonyl (C=O) groups excluding carboxylic acids is 2. The Morgan fingerprint density at radius 1 is 1.37 bits per heavy atom. The van der Waals surface area contributed by atoms with E-state index in [0.29, 0.717) is 11.4 Å². The number of aromatic nitrogens is 1. The Morgan fingerprint density at radius 2 is 2.07 bits per heavy atom. The molecule has 0 aliphatic carbocycles. The van der Waals surface area contributed by atoms with E-state index in [1.165, 1.54) is 19.2 Å². The average molecular weight is 435 g/mol. The molecule has 1 heterocycles. The van der Waals surface area contributed by atoms with Gasteiger partial charge in [-0.25, -0.2) is 9.18 Å². The van der Waals surface area contributed by atoms with Crippen molar-refractivity contribution in [1.82, 2.24) is 4.98 Å². The Balaban J connectivity index is 2.76. The van der Waals surface area contributed by atoms with Crippen molar-refractivity contribution < 1.29 is 18.7 Å². The maximum atomic E-state index is 13.8. The van der Waals surface area contributed by atoms with Crippen LogP contribution >= 0.6 is 15.9 Å². The first-order valence-corrected chi connectivity index (χ1v) is 9.10. The van der Waals surface area contributed by atoms with Crippen LogP contribution in [0.5, 0.6) is 0 Å². The number of benzene rings is 1. The van der Waals surface area contributed by atoms with Gasteiger partial charge < -0.3 is 9.64 Å².